The predicted molar refractivity (Wildman–Crippen MR) is 44.4 cm³/mol. The van der Waals surface area contributed by atoms with Gasteiger partial charge in [-0.3, -0.25) is 0 Å². The van der Waals surface area contributed by atoms with Gasteiger partial charge in [0.25, 0.3) is 0 Å². The molecule has 0 aromatic rings. The summed E-state index contributed by atoms with van der Waals surface area (Å²) in [6.07, 6.45) is -5.06. The molecule has 5 heteroatoms. The number of hydrogen-bond acceptors (Lipinski definition) is 2. The molecule has 0 aliphatic heterocycles. The molecule has 0 saturated carbocycles. The van der Waals surface area contributed by atoms with Crippen molar-refractivity contribution in [2.24, 2.45) is 0 Å². The van der Waals surface area contributed by atoms with Crippen LogP contribution < -0.4 is 5.32 Å². The quantitative estimate of drug-likeness (QED) is 0.528. The standard InChI is InChI=1S/C8H14F3NO/c1-6(2)3-4-12-5-7(13)8(9,10)11/h3,7,12-13H,4-5H2,1-2H3. The maximum absolute atomic E-state index is 11.7. The molecule has 0 fully saturated rings. The lowest BCUT2D eigenvalue weighted by molar-refractivity contribution is -0.201. The molecule has 0 aliphatic carbocycles. The number of allylic oxidation sites excluding steroid dienone is 1. The van der Waals surface area contributed by atoms with E-state index in [0.29, 0.717) is 6.54 Å². The first-order valence-electron chi connectivity index (χ1n) is 3.93. The van der Waals surface area contributed by atoms with Crippen molar-refractivity contribution >= 4 is 0 Å². The topological polar surface area (TPSA) is 32.3 Å². The molecule has 0 heterocycles. The second-order valence-electron chi connectivity index (χ2n) is 3.00. The molecule has 13 heavy (non-hydrogen) atoms. The Morgan fingerprint density at radius 3 is 2.38 bits per heavy atom. The lowest BCUT2D eigenvalue weighted by atomic mass is 10.3. The summed E-state index contributed by atoms with van der Waals surface area (Å²) >= 11 is 0. The van der Waals surface area contributed by atoms with E-state index in [4.69, 9.17) is 5.11 Å². The average Bonchev–Trinajstić information content (AvgIpc) is 1.95. The van der Waals surface area contributed by atoms with Gasteiger partial charge in [0, 0.05) is 13.1 Å². The van der Waals surface area contributed by atoms with Crippen molar-refractivity contribution in [3.63, 3.8) is 0 Å². The van der Waals surface area contributed by atoms with E-state index in [0.717, 1.165) is 5.57 Å². The van der Waals surface area contributed by atoms with Gasteiger partial charge in [-0.05, 0) is 13.8 Å². The molecule has 1 atom stereocenters. The van der Waals surface area contributed by atoms with Crippen LogP contribution in [0.5, 0.6) is 0 Å². The van der Waals surface area contributed by atoms with Crippen molar-refractivity contribution in [2.45, 2.75) is 26.1 Å². The van der Waals surface area contributed by atoms with E-state index >= 15 is 0 Å². The number of hydrogen-bond donors (Lipinski definition) is 2. The van der Waals surface area contributed by atoms with Crippen LogP contribution in [0.4, 0.5) is 13.2 Å². The van der Waals surface area contributed by atoms with Gasteiger partial charge >= 0.3 is 6.18 Å². The van der Waals surface area contributed by atoms with Gasteiger partial charge in [0.15, 0.2) is 6.10 Å². The lowest BCUT2D eigenvalue weighted by Gasteiger charge is -2.14. The van der Waals surface area contributed by atoms with Gasteiger partial charge in [-0.2, -0.15) is 13.2 Å². The van der Waals surface area contributed by atoms with Crippen molar-refractivity contribution in [1.29, 1.82) is 0 Å². The zero-order valence-electron chi connectivity index (χ0n) is 7.65. The Kier molecular flexibility index (Phi) is 5.02. The summed E-state index contributed by atoms with van der Waals surface area (Å²) < 4.78 is 35.2. The fraction of sp³-hybridized carbons (Fsp3) is 0.750. The molecule has 0 amide bonds. The average molecular weight is 197 g/mol. The summed E-state index contributed by atoms with van der Waals surface area (Å²) in [5.41, 5.74) is 1.02. The predicted octanol–water partition coefficient (Wildman–Crippen LogP) is 1.47. The van der Waals surface area contributed by atoms with Gasteiger partial charge in [-0.15, -0.1) is 0 Å². The fourth-order valence-corrected chi connectivity index (χ4v) is 0.612. The van der Waals surface area contributed by atoms with Gasteiger partial charge in [-0.25, -0.2) is 0 Å². The van der Waals surface area contributed by atoms with E-state index in [1.54, 1.807) is 6.08 Å². The molecule has 0 bridgehead atoms. The van der Waals surface area contributed by atoms with Crippen molar-refractivity contribution in [2.75, 3.05) is 13.1 Å². The maximum atomic E-state index is 11.7. The SMILES string of the molecule is CC(C)=CCNCC(O)C(F)(F)F. The minimum Gasteiger partial charge on any atom is -0.382 e. The summed E-state index contributed by atoms with van der Waals surface area (Å²) in [4.78, 5) is 0. The van der Waals surface area contributed by atoms with E-state index in [-0.39, 0.29) is 0 Å². The van der Waals surface area contributed by atoms with Gasteiger partial charge in [0.1, 0.15) is 0 Å². The van der Waals surface area contributed by atoms with Crippen LogP contribution >= 0.6 is 0 Å². The van der Waals surface area contributed by atoms with Crippen LogP contribution in [-0.4, -0.2) is 30.5 Å². The summed E-state index contributed by atoms with van der Waals surface area (Å²) in [5, 5.41) is 11.0. The van der Waals surface area contributed by atoms with Crippen LogP contribution in [-0.2, 0) is 0 Å². The minimum atomic E-state index is -4.53. The molecule has 2 nitrogen and oxygen atoms in total. The van der Waals surface area contributed by atoms with Crippen LogP contribution in [0.3, 0.4) is 0 Å². The number of alkyl halides is 3. The summed E-state index contributed by atoms with van der Waals surface area (Å²) in [6, 6.07) is 0. The second kappa shape index (κ2) is 5.24. The first-order chi connectivity index (χ1) is 5.84. The zero-order chi connectivity index (χ0) is 10.5. The molecule has 0 saturated heterocycles. The third kappa shape index (κ3) is 6.60. The van der Waals surface area contributed by atoms with E-state index in [9.17, 15) is 13.2 Å². The van der Waals surface area contributed by atoms with Gasteiger partial charge in [0.2, 0.25) is 0 Å². The lowest BCUT2D eigenvalue weighted by Crippen LogP contribution is -2.38. The maximum Gasteiger partial charge on any atom is 0.415 e. The van der Waals surface area contributed by atoms with Crippen LogP contribution in [0.2, 0.25) is 0 Å². The molecule has 0 rings (SSSR count). The molecular formula is C8H14F3NO. The second-order valence-corrected chi connectivity index (χ2v) is 3.00. The highest BCUT2D eigenvalue weighted by molar-refractivity contribution is 4.94. The van der Waals surface area contributed by atoms with Gasteiger partial charge < -0.3 is 10.4 Å². The minimum absolute atomic E-state index is 0.343. The van der Waals surface area contributed by atoms with Crippen molar-refractivity contribution < 1.29 is 18.3 Å². The van der Waals surface area contributed by atoms with Crippen LogP contribution in [0.25, 0.3) is 0 Å². The number of halogens is 3. The third-order valence-electron chi connectivity index (χ3n) is 1.37. The Balaban J connectivity index is 3.60. The largest absolute Gasteiger partial charge is 0.415 e. The van der Waals surface area contributed by atoms with E-state index in [2.05, 4.69) is 5.32 Å². The van der Waals surface area contributed by atoms with Crippen molar-refractivity contribution in [1.82, 2.24) is 5.32 Å². The summed E-state index contributed by atoms with van der Waals surface area (Å²) in [6.45, 7) is 3.58. The van der Waals surface area contributed by atoms with Gasteiger partial charge in [0.05, 0.1) is 0 Å². The molecule has 78 valence electrons. The zero-order valence-corrected chi connectivity index (χ0v) is 7.65. The molecule has 0 radical (unpaired) electrons. The smallest absolute Gasteiger partial charge is 0.382 e. The highest BCUT2D eigenvalue weighted by atomic mass is 19.4. The highest BCUT2D eigenvalue weighted by Gasteiger charge is 2.37. The molecule has 0 spiro atoms. The molecule has 0 aromatic heterocycles. The monoisotopic (exact) mass is 197 g/mol. The molecule has 1 unspecified atom stereocenters. The van der Waals surface area contributed by atoms with Crippen molar-refractivity contribution in [3.05, 3.63) is 11.6 Å². The molecule has 0 aromatic carbocycles. The van der Waals surface area contributed by atoms with Crippen LogP contribution in [0, 0.1) is 0 Å². The molecular weight excluding hydrogens is 183 g/mol. The Labute approximate surface area is 75.4 Å². The van der Waals surface area contributed by atoms with Crippen LogP contribution in [0.1, 0.15) is 13.8 Å². The Morgan fingerprint density at radius 1 is 1.46 bits per heavy atom. The van der Waals surface area contributed by atoms with E-state index < -0.39 is 18.8 Å². The molecule has 0 aliphatic rings. The Bertz CT molecular complexity index is 173. The number of aliphatic hydroxyl groups is 1. The third-order valence-corrected chi connectivity index (χ3v) is 1.37. The first-order valence-corrected chi connectivity index (χ1v) is 3.93. The van der Waals surface area contributed by atoms with E-state index in [1.807, 2.05) is 13.8 Å². The van der Waals surface area contributed by atoms with E-state index in [1.165, 1.54) is 0 Å². The summed E-state index contributed by atoms with van der Waals surface area (Å²) in [5.74, 6) is 0. The molecule has 2 N–H and O–H groups in total. The van der Waals surface area contributed by atoms with Crippen LogP contribution in [0.15, 0.2) is 11.6 Å². The first kappa shape index (κ1) is 12.4. The normalized spacial score (nSPS) is 14.0. The number of nitrogens with one attached hydrogen (secondary N) is 1. The Morgan fingerprint density at radius 2 is 2.00 bits per heavy atom. The number of aliphatic hydroxyl groups excluding tert-OH is 1. The van der Waals surface area contributed by atoms with Gasteiger partial charge in [-0.1, -0.05) is 11.6 Å². The number of rotatable bonds is 4. The van der Waals surface area contributed by atoms with Crippen molar-refractivity contribution in [3.8, 4) is 0 Å². The fourth-order valence-electron chi connectivity index (χ4n) is 0.612. The summed E-state index contributed by atoms with van der Waals surface area (Å²) in [7, 11) is 0. The highest BCUT2D eigenvalue weighted by Crippen LogP contribution is 2.18. The Hall–Kier alpha value is -0.550.